The van der Waals surface area contributed by atoms with Gasteiger partial charge in [0.2, 0.25) is 0 Å². The van der Waals surface area contributed by atoms with Crippen LogP contribution >= 0.6 is 0 Å². The predicted octanol–water partition coefficient (Wildman–Crippen LogP) is 3.01. The maximum atomic E-state index is 5.85. The van der Waals surface area contributed by atoms with Crippen molar-refractivity contribution >= 4 is 0 Å². The Morgan fingerprint density at radius 3 is 2.53 bits per heavy atom. The maximum Gasteiger partial charge on any atom is 0.0781 e. The first-order chi connectivity index (χ1) is 9.08. The summed E-state index contributed by atoms with van der Waals surface area (Å²) in [5.74, 6) is 0. The molecule has 0 radical (unpaired) electrons. The Morgan fingerprint density at radius 1 is 1.21 bits per heavy atom. The van der Waals surface area contributed by atoms with Crippen molar-refractivity contribution in [1.29, 1.82) is 0 Å². The standard InChI is InChI=1S/C16H27NO2/c1-6-18-10-14(4)19-11-16(17-5)15-8-7-12(2)9-13(15)3/h7-9,14,16-17H,6,10-11H2,1-5H3. The van der Waals surface area contributed by atoms with E-state index in [0.717, 1.165) is 6.61 Å². The van der Waals surface area contributed by atoms with Gasteiger partial charge in [-0.05, 0) is 45.9 Å². The highest BCUT2D eigenvalue weighted by Gasteiger charge is 2.13. The first-order valence-electron chi connectivity index (χ1n) is 7.02. The average Bonchev–Trinajstić information content (AvgIpc) is 2.38. The minimum absolute atomic E-state index is 0.126. The van der Waals surface area contributed by atoms with Gasteiger partial charge in [-0.2, -0.15) is 0 Å². The van der Waals surface area contributed by atoms with Gasteiger partial charge >= 0.3 is 0 Å². The highest BCUT2D eigenvalue weighted by atomic mass is 16.5. The summed E-state index contributed by atoms with van der Waals surface area (Å²) in [6.45, 7) is 10.4. The molecule has 3 nitrogen and oxygen atoms in total. The van der Waals surface area contributed by atoms with Crippen LogP contribution in [0.3, 0.4) is 0 Å². The average molecular weight is 265 g/mol. The Hall–Kier alpha value is -0.900. The van der Waals surface area contributed by atoms with Crippen LogP contribution in [0.25, 0.3) is 0 Å². The van der Waals surface area contributed by atoms with E-state index in [1.165, 1.54) is 16.7 Å². The zero-order valence-electron chi connectivity index (χ0n) is 12.8. The van der Waals surface area contributed by atoms with Gasteiger partial charge < -0.3 is 14.8 Å². The fourth-order valence-corrected chi connectivity index (χ4v) is 2.14. The molecule has 0 spiro atoms. The van der Waals surface area contributed by atoms with Crippen molar-refractivity contribution in [3.8, 4) is 0 Å². The molecular weight excluding hydrogens is 238 g/mol. The van der Waals surface area contributed by atoms with E-state index in [-0.39, 0.29) is 12.1 Å². The summed E-state index contributed by atoms with van der Waals surface area (Å²) < 4.78 is 11.2. The molecule has 0 saturated carbocycles. The number of hydrogen-bond acceptors (Lipinski definition) is 3. The lowest BCUT2D eigenvalue weighted by Gasteiger charge is -2.22. The van der Waals surface area contributed by atoms with E-state index in [0.29, 0.717) is 13.2 Å². The molecule has 0 aliphatic rings. The van der Waals surface area contributed by atoms with Crippen LogP contribution in [-0.4, -0.2) is 33.0 Å². The second kappa shape index (κ2) is 8.31. The fourth-order valence-electron chi connectivity index (χ4n) is 2.14. The van der Waals surface area contributed by atoms with Crippen molar-refractivity contribution in [1.82, 2.24) is 5.32 Å². The number of hydrogen-bond donors (Lipinski definition) is 1. The van der Waals surface area contributed by atoms with E-state index in [1.807, 2.05) is 20.9 Å². The number of nitrogens with one attached hydrogen (secondary N) is 1. The topological polar surface area (TPSA) is 30.5 Å². The molecule has 3 heteroatoms. The largest absolute Gasteiger partial charge is 0.379 e. The molecule has 1 aromatic carbocycles. The summed E-state index contributed by atoms with van der Waals surface area (Å²) in [4.78, 5) is 0. The maximum absolute atomic E-state index is 5.85. The van der Waals surface area contributed by atoms with Gasteiger partial charge in [-0.15, -0.1) is 0 Å². The Kier molecular flexibility index (Phi) is 7.06. The van der Waals surface area contributed by atoms with Crippen LogP contribution < -0.4 is 5.32 Å². The third kappa shape index (κ3) is 5.31. The Balaban J connectivity index is 2.58. The zero-order valence-corrected chi connectivity index (χ0v) is 12.8. The zero-order chi connectivity index (χ0) is 14.3. The lowest BCUT2D eigenvalue weighted by molar-refractivity contribution is -0.0110. The summed E-state index contributed by atoms with van der Waals surface area (Å²) >= 11 is 0. The summed E-state index contributed by atoms with van der Waals surface area (Å²) in [7, 11) is 1.97. The molecule has 2 unspecified atom stereocenters. The second-order valence-corrected chi connectivity index (χ2v) is 5.00. The molecule has 0 aliphatic carbocycles. The van der Waals surface area contributed by atoms with E-state index in [4.69, 9.17) is 9.47 Å². The fraction of sp³-hybridized carbons (Fsp3) is 0.625. The van der Waals surface area contributed by atoms with Crippen molar-refractivity contribution in [3.05, 3.63) is 34.9 Å². The van der Waals surface area contributed by atoms with Crippen molar-refractivity contribution < 1.29 is 9.47 Å². The van der Waals surface area contributed by atoms with Gasteiger partial charge in [0, 0.05) is 6.61 Å². The van der Waals surface area contributed by atoms with Crippen LogP contribution in [0.2, 0.25) is 0 Å². The SMILES string of the molecule is CCOCC(C)OCC(NC)c1ccc(C)cc1C. The van der Waals surface area contributed by atoms with E-state index in [2.05, 4.69) is 37.4 Å². The van der Waals surface area contributed by atoms with E-state index < -0.39 is 0 Å². The first-order valence-corrected chi connectivity index (χ1v) is 7.02. The summed E-state index contributed by atoms with van der Waals surface area (Å²) in [5.41, 5.74) is 3.90. The van der Waals surface area contributed by atoms with Crippen LogP contribution in [0.5, 0.6) is 0 Å². The third-order valence-corrected chi connectivity index (χ3v) is 3.25. The first kappa shape index (κ1) is 16.2. The van der Waals surface area contributed by atoms with Crippen molar-refractivity contribution in [3.63, 3.8) is 0 Å². The summed E-state index contributed by atoms with van der Waals surface area (Å²) in [6, 6.07) is 6.77. The van der Waals surface area contributed by atoms with Gasteiger partial charge in [0.05, 0.1) is 25.4 Å². The van der Waals surface area contributed by atoms with Crippen molar-refractivity contribution in [2.24, 2.45) is 0 Å². The van der Waals surface area contributed by atoms with Crippen LogP contribution in [-0.2, 0) is 9.47 Å². The molecule has 2 atom stereocenters. The Morgan fingerprint density at radius 2 is 1.95 bits per heavy atom. The second-order valence-electron chi connectivity index (χ2n) is 5.00. The van der Waals surface area contributed by atoms with Gasteiger partial charge in [-0.1, -0.05) is 23.8 Å². The van der Waals surface area contributed by atoms with Crippen molar-refractivity contribution in [2.45, 2.75) is 39.8 Å². The summed E-state index contributed by atoms with van der Waals surface area (Å²) in [5, 5.41) is 3.32. The number of likely N-dealkylation sites (N-methyl/N-ethyl adjacent to an activating group) is 1. The molecule has 1 N–H and O–H groups in total. The molecule has 1 rings (SSSR count). The Bertz CT molecular complexity index is 379. The van der Waals surface area contributed by atoms with Crippen LogP contribution in [0.4, 0.5) is 0 Å². The normalized spacial score (nSPS) is 14.4. The smallest absolute Gasteiger partial charge is 0.0781 e. The Labute approximate surface area is 117 Å². The monoisotopic (exact) mass is 265 g/mol. The quantitative estimate of drug-likeness (QED) is 0.784. The van der Waals surface area contributed by atoms with Crippen LogP contribution in [0.15, 0.2) is 18.2 Å². The summed E-state index contributed by atoms with van der Waals surface area (Å²) in [6.07, 6.45) is 0.126. The van der Waals surface area contributed by atoms with Gasteiger partial charge in [0.1, 0.15) is 0 Å². The molecule has 1 aromatic rings. The van der Waals surface area contributed by atoms with Crippen LogP contribution in [0, 0.1) is 13.8 Å². The number of benzene rings is 1. The lowest BCUT2D eigenvalue weighted by atomic mass is 10.00. The molecular formula is C16H27NO2. The van der Waals surface area contributed by atoms with Crippen molar-refractivity contribution in [2.75, 3.05) is 26.9 Å². The lowest BCUT2D eigenvalue weighted by Crippen LogP contribution is -2.26. The van der Waals surface area contributed by atoms with Gasteiger partial charge in [0.25, 0.3) is 0 Å². The minimum Gasteiger partial charge on any atom is -0.379 e. The highest BCUT2D eigenvalue weighted by Crippen LogP contribution is 2.19. The van der Waals surface area contributed by atoms with Crippen LogP contribution in [0.1, 0.15) is 36.6 Å². The molecule has 19 heavy (non-hydrogen) atoms. The predicted molar refractivity (Wildman–Crippen MR) is 79.6 cm³/mol. The molecule has 0 saturated heterocycles. The highest BCUT2D eigenvalue weighted by molar-refractivity contribution is 5.32. The number of ether oxygens (including phenoxy) is 2. The van der Waals surface area contributed by atoms with E-state index in [1.54, 1.807) is 0 Å². The number of rotatable bonds is 8. The van der Waals surface area contributed by atoms with Gasteiger partial charge in [0.15, 0.2) is 0 Å². The molecule has 0 amide bonds. The third-order valence-electron chi connectivity index (χ3n) is 3.25. The van der Waals surface area contributed by atoms with Gasteiger partial charge in [-0.25, -0.2) is 0 Å². The number of aryl methyl sites for hydroxylation is 2. The van der Waals surface area contributed by atoms with E-state index >= 15 is 0 Å². The van der Waals surface area contributed by atoms with E-state index in [9.17, 15) is 0 Å². The molecule has 0 aromatic heterocycles. The molecule has 0 bridgehead atoms. The van der Waals surface area contributed by atoms with Gasteiger partial charge in [-0.3, -0.25) is 0 Å². The molecule has 0 heterocycles. The minimum atomic E-state index is 0.126. The molecule has 108 valence electrons. The molecule has 0 aliphatic heterocycles. The molecule has 0 fully saturated rings.